The number of carbonyl (C=O) groups excluding carboxylic acids is 1. The van der Waals surface area contributed by atoms with Gasteiger partial charge in [0.25, 0.3) is 0 Å². The summed E-state index contributed by atoms with van der Waals surface area (Å²) in [6, 6.07) is 14.5. The molecule has 0 aromatic heterocycles. The second-order valence-electron chi connectivity index (χ2n) is 6.32. The Balaban J connectivity index is 1.69. The molecule has 6 nitrogen and oxygen atoms in total. The molecule has 144 valence electrons. The first-order valence-electron chi connectivity index (χ1n) is 8.86. The second-order valence-corrected chi connectivity index (χ2v) is 6.32. The number of amides is 1. The van der Waals surface area contributed by atoms with Crippen LogP contribution in [0.2, 0.25) is 0 Å². The summed E-state index contributed by atoms with van der Waals surface area (Å²) < 4.78 is 10.7. The van der Waals surface area contributed by atoms with Crippen LogP contribution in [0.1, 0.15) is 25.3 Å². The minimum Gasteiger partial charge on any atom is -0.497 e. The van der Waals surface area contributed by atoms with Crippen molar-refractivity contribution in [2.75, 3.05) is 19.0 Å². The molecule has 6 heteroatoms. The van der Waals surface area contributed by atoms with E-state index in [-0.39, 0.29) is 5.91 Å². The van der Waals surface area contributed by atoms with E-state index >= 15 is 0 Å². The summed E-state index contributed by atoms with van der Waals surface area (Å²) in [5.41, 5.74) is 1.62. The zero-order chi connectivity index (χ0) is 19.6. The molecule has 0 aliphatic carbocycles. The number of ether oxygens (including phenoxy) is 2. The van der Waals surface area contributed by atoms with Crippen molar-refractivity contribution in [3.8, 4) is 11.5 Å². The van der Waals surface area contributed by atoms with Crippen molar-refractivity contribution in [1.29, 1.82) is 0 Å². The highest BCUT2D eigenvalue weighted by molar-refractivity contribution is 5.90. The number of nitrogens with one attached hydrogen (secondary N) is 1. The number of hydrogen-bond acceptors (Lipinski definition) is 4. The van der Waals surface area contributed by atoms with Crippen molar-refractivity contribution in [3.05, 3.63) is 54.1 Å². The molecular formula is C21H25NO5. The van der Waals surface area contributed by atoms with Gasteiger partial charge in [-0.15, -0.1) is 0 Å². The maximum Gasteiger partial charge on any atom is 0.306 e. The summed E-state index contributed by atoms with van der Waals surface area (Å²) in [6.45, 7) is 2.12. The first kappa shape index (κ1) is 20.3. The van der Waals surface area contributed by atoms with Crippen molar-refractivity contribution >= 4 is 17.6 Å². The first-order chi connectivity index (χ1) is 13.0. The number of carboxylic acids is 1. The number of methoxy groups -OCH3 is 1. The highest BCUT2D eigenvalue weighted by Gasteiger charge is 2.11. The number of carboxylic acid groups (broad SMARTS) is 1. The lowest BCUT2D eigenvalue weighted by atomic mass is 10.0. The molecule has 0 spiro atoms. The van der Waals surface area contributed by atoms with Crippen LogP contribution in [-0.2, 0) is 16.0 Å². The van der Waals surface area contributed by atoms with E-state index in [9.17, 15) is 9.59 Å². The number of rotatable bonds is 10. The Morgan fingerprint density at radius 2 is 1.67 bits per heavy atom. The van der Waals surface area contributed by atoms with Crippen LogP contribution in [-0.4, -0.2) is 30.7 Å². The van der Waals surface area contributed by atoms with Gasteiger partial charge in [-0.25, -0.2) is 0 Å². The van der Waals surface area contributed by atoms with Crippen LogP contribution in [0.5, 0.6) is 11.5 Å². The van der Waals surface area contributed by atoms with Gasteiger partial charge in [0.05, 0.1) is 19.6 Å². The standard InChI is InChI=1S/C21H25NO5/c1-15(21(24)25)14-16-5-7-17(8-6-16)22-20(23)4-3-13-27-19-11-9-18(26-2)10-12-19/h5-12,15H,3-4,13-14H2,1-2H3,(H,22,23)(H,24,25). The Bertz CT molecular complexity index is 740. The minimum atomic E-state index is -0.816. The molecule has 1 atom stereocenters. The monoisotopic (exact) mass is 371 g/mol. The molecule has 0 aliphatic rings. The number of carbonyl (C=O) groups is 2. The minimum absolute atomic E-state index is 0.0833. The number of anilines is 1. The topological polar surface area (TPSA) is 84.9 Å². The normalized spacial score (nSPS) is 11.5. The van der Waals surface area contributed by atoms with Gasteiger partial charge in [-0.2, -0.15) is 0 Å². The molecule has 0 fully saturated rings. The Labute approximate surface area is 159 Å². The predicted octanol–water partition coefficient (Wildman–Crippen LogP) is 3.76. The van der Waals surface area contributed by atoms with Gasteiger partial charge in [0.15, 0.2) is 0 Å². The van der Waals surface area contributed by atoms with Crippen LogP contribution in [0.25, 0.3) is 0 Å². The number of hydrogen-bond donors (Lipinski definition) is 2. The van der Waals surface area contributed by atoms with Gasteiger partial charge in [0.2, 0.25) is 5.91 Å². The van der Waals surface area contributed by atoms with Crippen LogP contribution in [0, 0.1) is 5.92 Å². The summed E-state index contributed by atoms with van der Waals surface area (Å²) >= 11 is 0. The largest absolute Gasteiger partial charge is 0.497 e. The summed E-state index contributed by atoms with van der Waals surface area (Å²) in [7, 11) is 1.61. The third-order valence-corrected chi connectivity index (χ3v) is 4.08. The lowest BCUT2D eigenvalue weighted by Gasteiger charge is -2.09. The van der Waals surface area contributed by atoms with Gasteiger partial charge in [-0.3, -0.25) is 9.59 Å². The molecule has 1 unspecified atom stereocenters. The van der Waals surface area contributed by atoms with Crippen molar-refractivity contribution in [2.45, 2.75) is 26.2 Å². The third-order valence-electron chi connectivity index (χ3n) is 4.08. The molecule has 0 bridgehead atoms. The highest BCUT2D eigenvalue weighted by Crippen LogP contribution is 2.17. The molecule has 0 saturated carbocycles. The van der Waals surface area contributed by atoms with E-state index in [1.54, 1.807) is 26.2 Å². The fourth-order valence-electron chi connectivity index (χ4n) is 2.48. The lowest BCUT2D eigenvalue weighted by molar-refractivity contribution is -0.141. The van der Waals surface area contributed by atoms with Gasteiger partial charge >= 0.3 is 5.97 Å². The second kappa shape index (κ2) is 10.2. The zero-order valence-electron chi connectivity index (χ0n) is 15.6. The molecule has 0 saturated heterocycles. The van der Waals surface area contributed by atoms with E-state index in [1.807, 2.05) is 36.4 Å². The fraction of sp³-hybridized carbons (Fsp3) is 0.333. The van der Waals surface area contributed by atoms with Crippen LogP contribution in [0.15, 0.2) is 48.5 Å². The van der Waals surface area contributed by atoms with Gasteiger partial charge in [-0.05, 0) is 54.8 Å². The van der Waals surface area contributed by atoms with E-state index in [1.165, 1.54) is 0 Å². The average molecular weight is 371 g/mol. The Morgan fingerprint density at radius 1 is 1.04 bits per heavy atom. The van der Waals surface area contributed by atoms with Crippen LogP contribution in [0.3, 0.4) is 0 Å². The summed E-state index contributed by atoms with van der Waals surface area (Å²) in [5.74, 6) is 0.174. The van der Waals surface area contributed by atoms with E-state index in [4.69, 9.17) is 14.6 Å². The first-order valence-corrected chi connectivity index (χ1v) is 8.86. The summed E-state index contributed by atoms with van der Waals surface area (Å²) in [5, 5.41) is 11.8. The lowest BCUT2D eigenvalue weighted by Crippen LogP contribution is -2.13. The van der Waals surface area contributed by atoms with Crippen molar-refractivity contribution < 1.29 is 24.2 Å². The molecule has 2 rings (SSSR count). The van der Waals surface area contributed by atoms with E-state index < -0.39 is 11.9 Å². The highest BCUT2D eigenvalue weighted by atomic mass is 16.5. The molecule has 2 aromatic rings. The molecule has 2 N–H and O–H groups in total. The fourth-order valence-corrected chi connectivity index (χ4v) is 2.48. The molecule has 0 radical (unpaired) electrons. The Morgan fingerprint density at radius 3 is 2.26 bits per heavy atom. The van der Waals surface area contributed by atoms with Crippen LogP contribution in [0.4, 0.5) is 5.69 Å². The Hall–Kier alpha value is -3.02. The van der Waals surface area contributed by atoms with Gasteiger partial charge in [0, 0.05) is 12.1 Å². The van der Waals surface area contributed by atoms with Crippen molar-refractivity contribution in [2.24, 2.45) is 5.92 Å². The average Bonchev–Trinajstić information content (AvgIpc) is 2.67. The number of benzene rings is 2. The smallest absolute Gasteiger partial charge is 0.306 e. The summed E-state index contributed by atoms with van der Waals surface area (Å²) in [6.07, 6.45) is 1.42. The van der Waals surface area contributed by atoms with E-state index in [0.717, 1.165) is 17.1 Å². The third kappa shape index (κ3) is 7.01. The van der Waals surface area contributed by atoms with Crippen LogP contribution < -0.4 is 14.8 Å². The Kier molecular flexibility index (Phi) is 7.67. The molecular weight excluding hydrogens is 346 g/mol. The number of aliphatic carboxylic acids is 1. The van der Waals surface area contributed by atoms with E-state index in [0.29, 0.717) is 31.6 Å². The van der Waals surface area contributed by atoms with Gasteiger partial charge in [0.1, 0.15) is 11.5 Å². The maximum atomic E-state index is 12.0. The van der Waals surface area contributed by atoms with Crippen molar-refractivity contribution in [1.82, 2.24) is 0 Å². The maximum absolute atomic E-state index is 12.0. The van der Waals surface area contributed by atoms with Crippen molar-refractivity contribution in [3.63, 3.8) is 0 Å². The molecule has 0 heterocycles. The summed E-state index contributed by atoms with van der Waals surface area (Å²) in [4.78, 5) is 22.9. The molecule has 2 aromatic carbocycles. The van der Waals surface area contributed by atoms with Gasteiger partial charge < -0.3 is 19.9 Å². The molecule has 0 aliphatic heterocycles. The molecule has 27 heavy (non-hydrogen) atoms. The quantitative estimate of drug-likeness (QED) is 0.621. The van der Waals surface area contributed by atoms with E-state index in [2.05, 4.69) is 5.32 Å². The predicted molar refractivity (Wildman–Crippen MR) is 103 cm³/mol. The van der Waals surface area contributed by atoms with Gasteiger partial charge in [-0.1, -0.05) is 19.1 Å². The molecule has 1 amide bonds. The zero-order valence-corrected chi connectivity index (χ0v) is 15.6. The SMILES string of the molecule is COc1ccc(OCCCC(=O)Nc2ccc(CC(C)C(=O)O)cc2)cc1. The van der Waals surface area contributed by atoms with Crippen LogP contribution >= 0.6 is 0 Å².